The van der Waals surface area contributed by atoms with Crippen LogP contribution in [0.5, 0.6) is 0 Å². The molecule has 2 aliphatic rings. The van der Waals surface area contributed by atoms with Crippen molar-refractivity contribution in [2.75, 3.05) is 13.2 Å². The number of fused-ring (bicyclic) bond motifs is 2. The minimum absolute atomic E-state index is 0.0197. The predicted octanol–water partition coefficient (Wildman–Crippen LogP) is 1.93. The first-order valence-corrected chi connectivity index (χ1v) is 9.62. The Labute approximate surface area is 111 Å². The zero-order chi connectivity index (χ0) is 13.8. The molecule has 0 aromatic heterocycles. The van der Waals surface area contributed by atoms with Gasteiger partial charge < -0.3 is 19.0 Å². The Hall–Kier alpha value is 0.0569. The Balaban J connectivity index is 2.19. The molecule has 2 fully saturated rings. The fourth-order valence-electron chi connectivity index (χ4n) is 2.37. The summed E-state index contributed by atoms with van der Waals surface area (Å²) < 4.78 is 17.9. The number of aliphatic hydroxyl groups excluding tert-OH is 1. The third-order valence-electron chi connectivity index (χ3n) is 4.79. The molecule has 0 aliphatic carbocycles. The van der Waals surface area contributed by atoms with Crippen LogP contribution < -0.4 is 0 Å². The molecular formula is C13H26O4Si. The van der Waals surface area contributed by atoms with Gasteiger partial charge in [0.25, 0.3) is 0 Å². The summed E-state index contributed by atoms with van der Waals surface area (Å²) in [6, 6.07) is 0. The Morgan fingerprint density at radius 3 is 2.39 bits per heavy atom. The molecule has 0 aromatic carbocycles. The minimum Gasteiger partial charge on any atom is -0.408 e. The van der Waals surface area contributed by atoms with Crippen molar-refractivity contribution in [2.24, 2.45) is 0 Å². The summed E-state index contributed by atoms with van der Waals surface area (Å²) in [5, 5.41) is 10.2. The van der Waals surface area contributed by atoms with E-state index in [-0.39, 0.29) is 17.2 Å². The topological polar surface area (TPSA) is 47.9 Å². The number of hydrogen-bond donors (Lipinski definition) is 1. The highest BCUT2D eigenvalue weighted by molar-refractivity contribution is 6.74. The Morgan fingerprint density at radius 2 is 2.00 bits per heavy atom. The van der Waals surface area contributed by atoms with E-state index in [2.05, 4.69) is 33.9 Å². The number of ether oxygens (including phenoxy) is 2. The molecule has 2 bridgehead atoms. The molecule has 1 N–H and O–H groups in total. The van der Waals surface area contributed by atoms with Crippen molar-refractivity contribution in [3.63, 3.8) is 0 Å². The smallest absolute Gasteiger partial charge is 0.192 e. The van der Waals surface area contributed by atoms with Crippen molar-refractivity contribution in [1.29, 1.82) is 0 Å². The summed E-state index contributed by atoms with van der Waals surface area (Å²) in [4.78, 5) is 0. The maximum absolute atomic E-state index is 10.0. The number of aliphatic hydroxyl groups is 1. The highest BCUT2D eigenvalue weighted by atomic mass is 28.4. The number of hydrogen-bond acceptors (Lipinski definition) is 4. The van der Waals surface area contributed by atoms with E-state index in [1.54, 1.807) is 6.92 Å². The van der Waals surface area contributed by atoms with Gasteiger partial charge in [-0.15, -0.1) is 0 Å². The first kappa shape index (κ1) is 14.5. The minimum atomic E-state index is -1.88. The van der Waals surface area contributed by atoms with Crippen molar-refractivity contribution < 1.29 is 19.0 Å². The van der Waals surface area contributed by atoms with Crippen molar-refractivity contribution >= 4 is 8.32 Å². The molecule has 0 spiro atoms. The van der Waals surface area contributed by atoms with Crippen molar-refractivity contribution in [1.82, 2.24) is 0 Å². The molecule has 1 unspecified atom stereocenters. The Kier molecular flexibility index (Phi) is 3.44. The van der Waals surface area contributed by atoms with Crippen molar-refractivity contribution in [2.45, 2.75) is 69.7 Å². The molecule has 2 aliphatic heterocycles. The average molecular weight is 274 g/mol. The van der Waals surface area contributed by atoms with Gasteiger partial charge in [-0.05, 0) is 25.1 Å². The zero-order valence-electron chi connectivity index (χ0n) is 12.3. The maximum atomic E-state index is 10.0. The molecule has 5 heteroatoms. The molecule has 0 radical (unpaired) electrons. The highest BCUT2D eigenvalue weighted by Crippen LogP contribution is 2.45. The lowest BCUT2D eigenvalue weighted by Crippen LogP contribution is -2.55. The molecule has 0 aromatic rings. The van der Waals surface area contributed by atoms with Gasteiger partial charge in [0, 0.05) is 0 Å². The first-order valence-electron chi connectivity index (χ1n) is 6.72. The molecular weight excluding hydrogens is 248 g/mol. The quantitative estimate of drug-likeness (QED) is 0.799. The lowest BCUT2D eigenvalue weighted by Gasteiger charge is -2.41. The largest absolute Gasteiger partial charge is 0.408 e. The molecule has 4 atom stereocenters. The van der Waals surface area contributed by atoms with Gasteiger partial charge in [0.05, 0.1) is 19.3 Å². The van der Waals surface area contributed by atoms with E-state index in [1.807, 2.05) is 0 Å². The summed E-state index contributed by atoms with van der Waals surface area (Å²) in [6.45, 7) is 13.8. The van der Waals surface area contributed by atoms with E-state index in [0.29, 0.717) is 13.2 Å². The first-order chi connectivity index (χ1) is 8.10. The van der Waals surface area contributed by atoms with Gasteiger partial charge >= 0.3 is 0 Å². The highest BCUT2D eigenvalue weighted by Gasteiger charge is 2.62. The summed E-state index contributed by atoms with van der Waals surface area (Å²) >= 11 is 0. The molecule has 0 saturated carbocycles. The SMILES string of the molecule is CC(O)[C@@]12CO[C@@H](CO1)[C@@H]2O[Si](C)(C)C(C)(C)C. The monoisotopic (exact) mass is 274 g/mol. The normalized spacial score (nSPS) is 38.2. The summed E-state index contributed by atoms with van der Waals surface area (Å²) in [7, 11) is -1.88. The summed E-state index contributed by atoms with van der Waals surface area (Å²) in [6.07, 6.45) is -0.716. The fraction of sp³-hybridized carbons (Fsp3) is 1.00. The second kappa shape index (κ2) is 4.28. The van der Waals surface area contributed by atoms with E-state index in [4.69, 9.17) is 13.9 Å². The summed E-state index contributed by atoms with van der Waals surface area (Å²) in [5.74, 6) is 0. The van der Waals surface area contributed by atoms with E-state index in [1.165, 1.54) is 0 Å². The average Bonchev–Trinajstić information content (AvgIpc) is 2.72. The predicted molar refractivity (Wildman–Crippen MR) is 72.2 cm³/mol. The molecule has 2 rings (SSSR count). The van der Waals surface area contributed by atoms with Crippen LogP contribution in [-0.2, 0) is 13.9 Å². The van der Waals surface area contributed by atoms with Gasteiger partial charge in [0.15, 0.2) is 8.32 Å². The van der Waals surface area contributed by atoms with Crippen LogP contribution in [-0.4, -0.2) is 50.6 Å². The lowest BCUT2D eigenvalue weighted by atomic mass is 9.94. The molecule has 0 amide bonds. The van der Waals surface area contributed by atoms with E-state index in [9.17, 15) is 5.11 Å². The number of rotatable bonds is 3. The van der Waals surface area contributed by atoms with Crippen LogP contribution in [0.2, 0.25) is 18.1 Å². The Morgan fingerprint density at radius 1 is 1.39 bits per heavy atom. The van der Waals surface area contributed by atoms with Crippen LogP contribution in [0.25, 0.3) is 0 Å². The zero-order valence-corrected chi connectivity index (χ0v) is 13.3. The van der Waals surface area contributed by atoms with Gasteiger partial charge in [0.2, 0.25) is 0 Å². The van der Waals surface area contributed by atoms with Gasteiger partial charge in [-0.25, -0.2) is 0 Å². The van der Waals surface area contributed by atoms with Crippen LogP contribution in [0.4, 0.5) is 0 Å². The van der Waals surface area contributed by atoms with Gasteiger partial charge in [-0.1, -0.05) is 20.8 Å². The van der Waals surface area contributed by atoms with E-state index >= 15 is 0 Å². The van der Waals surface area contributed by atoms with Crippen molar-refractivity contribution in [3.8, 4) is 0 Å². The van der Waals surface area contributed by atoms with Gasteiger partial charge in [0.1, 0.15) is 17.8 Å². The van der Waals surface area contributed by atoms with E-state index in [0.717, 1.165) is 0 Å². The molecule has 18 heavy (non-hydrogen) atoms. The third kappa shape index (κ3) is 2.06. The molecule has 4 nitrogen and oxygen atoms in total. The van der Waals surface area contributed by atoms with Crippen LogP contribution in [0, 0.1) is 0 Å². The molecule has 2 heterocycles. The van der Waals surface area contributed by atoms with Crippen LogP contribution >= 0.6 is 0 Å². The molecule has 106 valence electrons. The summed E-state index contributed by atoms with van der Waals surface area (Å²) in [5.41, 5.74) is -0.653. The van der Waals surface area contributed by atoms with Crippen LogP contribution in [0.1, 0.15) is 27.7 Å². The van der Waals surface area contributed by atoms with Crippen LogP contribution in [0.3, 0.4) is 0 Å². The van der Waals surface area contributed by atoms with Crippen LogP contribution in [0.15, 0.2) is 0 Å². The Bertz CT molecular complexity index is 313. The second-order valence-electron chi connectivity index (χ2n) is 7.09. The molecule has 2 saturated heterocycles. The van der Waals surface area contributed by atoms with Gasteiger partial charge in [-0.2, -0.15) is 0 Å². The fourth-order valence-corrected chi connectivity index (χ4v) is 3.71. The van der Waals surface area contributed by atoms with Gasteiger partial charge in [-0.3, -0.25) is 0 Å². The lowest BCUT2D eigenvalue weighted by molar-refractivity contribution is -0.150. The third-order valence-corrected chi connectivity index (χ3v) is 9.25. The van der Waals surface area contributed by atoms with E-state index < -0.39 is 20.0 Å². The maximum Gasteiger partial charge on any atom is 0.192 e. The van der Waals surface area contributed by atoms with Crippen molar-refractivity contribution in [3.05, 3.63) is 0 Å². The second-order valence-corrected chi connectivity index (χ2v) is 11.8. The standard InChI is InChI=1S/C13H26O4Si/c1-9(14)13-8-15-10(7-16-13)11(13)17-18(5,6)12(2,3)4/h9-11,14H,7-8H2,1-6H3/t9?,10-,11-,13+/m0/s1.